The van der Waals surface area contributed by atoms with E-state index < -0.39 is 4.92 Å². The lowest BCUT2D eigenvalue weighted by Gasteiger charge is -2.32. The highest BCUT2D eigenvalue weighted by Gasteiger charge is 2.29. The van der Waals surface area contributed by atoms with E-state index in [4.69, 9.17) is 4.74 Å². The largest absolute Gasteiger partial charge is 0.460 e. The van der Waals surface area contributed by atoms with Crippen LogP contribution in [0.1, 0.15) is 23.5 Å². The van der Waals surface area contributed by atoms with Crippen molar-refractivity contribution >= 4 is 11.7 Å². The van der Waals surface area contributed by atoms with Gasteiger partial charge in [0.25, 0.3) is 5.69 Å². The smallest absolute Gasteiger partial charge is 0.310 e. The fraction of sp³-hybridized carbons (Fsp3) is 0.316. The highest BCUT2D eigenvalue weighted by Crippen LogP contribution is 2.27. The number of benzene rings is 2. The van der Waals surface area contributed by atoms with Crippen molar-refractivity contribution in [1.29, 1.82) is 0 Å². The first kappa shape index (κ1) is 17.1. The van der Waals surface area contributed by atoms with Gasteiger partial charge in [0.05, 0.1) is 11.3 Å². The number of nitrogens with one attached hydrogen (secondary N) is 1. The first-order valence-corrected chi connectivity index (χ1v) is 8.32. The summed E-state index contributed by atoms with van der Waals surface area (Å²) in [7, 11) is 0. The molecule has 0 bridgehead atoms. The van der Waals surface area contributed by atoms with Crippen LogP contribution in [0.3, 0.4) is 0 Å². The quantitative estimate of drug-likeness (QED) is 0.514. The number of nitro benzene ring substituents is 1. The average molecular weight is 340 g/mol. The molecule has 6 heteroatoms. The van der Waals surface area contributed by atoms with Crippen molar-refractivity contribution in [2.45, 2.75) is 24.9 Å². The summed E-state index contributed by atoms with van der Waals surface area (Å²) in [6.45, 7) is 1.53. The number of nitro groups is 1. The number of hydrogen-bond donors (Lipinski definition) is 1. The second-order valence-electron chi connectivity index (χ2n) is 6.14. The lowest BCUT2D eigenvalue weighted by Crippen LogP contribution is -2.42. The third-order valence-electron chi connectivity index (χ3n) is 4.43. The molecule has 0 radical (unpaired) electrons. The molecule has 0 saturated carbocycles. The second kappa shape index (κ2) is 7.90. The maximum Gasteiger partial charge on any atom is 0.310 e. The number of piperidine rings is 1. The standard InChI is InChI=1S/C19H20N2O4/c22-19(12-14-6-8-16(9-7-14)21(23)24)25-18-13-20-11-10-17(18)15-4-2-1-3-5-15/h1-9,17-18,20H,10-13H2. The highest BCUT2D eigenvalue weighted by atomic mass is 16.6. The predicted octanol–water partition coefficient (Wildman–Crippen LogP) is 2.83. The van der Waals surface area contributed by atoms with Gasteiger partial charge in [-0.1, -0.05) is 42.5 Å². The van der Waals surface area contributed by atoms with Crippen LogP contribution in [0.5, 0.6) is 0 Å². The summed E-state index contributed by atoms with van der Waals surface area (Å²) in [5.74, 6) is -0.133. The van der Waals surface area contributed by atoms with E-state index in [1.54, 1.807) is 12.1 Å². The summed E-state index contributed by atoms with van der Waals surface area (Å²) >= 11 is 0. The highest BCUT2D eigenvalue weighted by molar-refractivity contribution is 5.73. The minimum Gasteiger partial charge on any atom is -0.460 e. The van der Waals surface area contributed by atoms with E-state index >= 15 is 0 Å². The van der Waals surface area contributed by atoms with Crippen molar-refractivity contribution in [2.75, 3.05) is 13.1 Å². The maximum absolute atomic E-state index is 12.3. The molecule has 2 aromatic carbocycles. The number of esters is 1. The zero-order chi connectivity index (χ0) is 17.6. The van der Waals surface area contributed by atoms with Gasteiger partial charge < -0.3 is 10.1 Å². The number of carbonyl (C=O) groups excluding carboxylic acids is 1. The van der Waals surface area contributed by atoms with E-state index in [1.165, 1.54) is 17.7 Å². The molecule has 1 heterocycles. The molecule has 0 aliphatic carbocycles. The molecule has 1 aliphatic rings. The van der Waals surface area contributed by atoms with Crippen LogP contribution in [0, 0.1) is 10.1 Å². The molecule has 1 fully saturated rings. The Morgan fingerprint density at radius 3 is 2.56 bits per heavy atom. The summed E-state index contributed by atoms with van der Waals surface area (Å²) in [5, 5.41) is 13.9. The normalized spacial score (nSPS) is 20.0. The summed E-state index contributed by atoms with van der Waals surface area (Å²) in [5.41, 5.74) is 1.89. The molecule has 130 valence electrons. The minimum absolute atomic E-state index is 0.0118. The number of non-ortho nitro benzene ring substituents is 1. The molecule has 3 rings (SSSR count). The van der Waals surface area contributed by atoms with Crippen molar-refractivity contribution in [2.24, 2.45) is 0 Å². The van der Waals surface area contributed by atoms with Crippen molar-refractivity contribution in [3.63, 3.8) is 0 Å². The first-order valence-electron chi connectivity index (χ1n) is 8.32. The van der Waals surface area contributed by atoms with Crippen LogP contribution in [0.15, 0.2) is 54.6 Å². The number of rotatable bonds is 5. The van der Waals surface area contributed by atoms with Gasteiger partial charge in [0.15, 0.2) is 0 Å². The average Bonchev–Trinajstić information content (AvgIpc) is 2.63. The van der Waals surface area contributed by atoms with Crippen molar-refractivity contribution in [3.05, 3.63) is 75.8 Å². The van der Waals surface area contributed by atoms with Gasteiger partial charge in [-0.2, -0.15) is 0 Å². The Balaban J connectivity index is 1.63. The van der Waals surface area contributed by atoms with Crippen LogP contribution in [0.2, 0.25) is 0 Å². The molecule has 1 aliphatic heterocycles. The van der Waals surface area contributed by atoms with Gasteiger partial charge in [0.2, 0.25) is 0 Å². The lowest BCUT2D eigenvalue weighted by molar-refractivity contribution is -0.384. The van der Waals surface area contributed by atoms with E-state index in [9.17, 15) is 14.9 Å². The van der Waals surface area contributed by atoms with Crippen LogP contribution in [0.4, 0.5) is 5.69 Å². The lowest BCUT2D eigenvalue weighted by atomic mass is 9.88. The van der Waals surface area contributed by atoms with Gasteiger partial charge in [-0.25, -0.2) is 0 Å². The van der Waals surface area contributed by atoms with Gasteiger partial charge >= 0.3 is 5.97 Å². The molecule has 6 nitrogen and oxygen atoms in total. The number of carbonyl (C=O) groups is 1. The van der Waals surface area contributed by atoms with Crippen LogP contribution >= 0.6 is 0 Å². The Bertz CT molecular complexity index is 731. The molecule has 25 heavy (non-hydrogen) atoms. The Labute approximate surface area is 146 Å². The van der Waals surface area contributed by atoms with Crippen LogP contribution in [-0.2, 0) is 16.0 Å². The SMILES string of the molecule is O=C(Cc1ccc([N+](=O)[O-])cc1)OC1CNCCC1c1ccccc1. The first-order chi connectivity index (χ1) is 12.1. The summed E-state index contributed by atoms with van der Waals surface area (Å²) in [6.07, 6.45) is 0.817. The van der Waals surface area contributed by atoms with Gasteiger partial charge in [-0.3, -0.25) is 14.9 Å². The third-order valence-corrected chi connectivity index (χ3v) is 4.43. The van der Waals surface area contributed by atoms with Crippen LogP contribution in [0.25, 0.3) is 0 Å². The molecular weight excluding hydrogens is 320 g/mol. The van der Waals surface area contributed by atoms with E-state index in [2.05, 4.69) is 17.4 Å². The molecule has 1 saturated heterocycles. The van der Waals surface area contributed by atoms with Gasteiger partial charge in [0, 0.05) is 24.6 Å². The zero-order valence-corrected chi connectivity index (χ0v) is 13.8. The molecule has 0 aromatic heterocycles. The van der Waals surface area contributed by atoms with Gasteiger partial charge in [-0.05, 0) is 24.1 Å². The van der Waals surface area contributed by atoms with Crippen LogP contribution in [-0.4, -0.2) is 30.1 Å². The predicted molar refractivity (Wildman–Crippen MR) is 93.4 cm³/mol. The number of hydrogen-bond acceptors (Lipinski definition) is 5. The van der Waals surface area contributed by atoms with Crippen molar-refractivity contribution in [1.82, 2.24) is 5.32 Å². The monoisotopic (exact) mass is 340 g/mol. The fourth-order valence-electron chi connectivity index (χ4n) is 3.15. The molecule has 1 N–H and O–H groups in total. The second-order valence-corrected chi connectivity index (χ2v) is 6.14. The summed E-state index contributed by atoms with van der Waals surface area (Å²) in [6, 6.07) is 16.1. The van der Waals surface area contributed by atoms with E-state index in [0.717, 1.165) is 13.0 Å². The molecule has 0 amide bonds. The fourth-order valence-corrected chi connectivity index (χ4v) is 3.15. The molecule has 2 unspecified atom stereocenters. The van der Waals surface area contributed by atoms with Crippen LogP contribution < -0.4 is 5.32 Å². The van der Waals surface area contributed by atoms with E-state index in [1.807, 2.05) is 18.2 Å². The molecule has 2 atom stereocenters. The van der Waals surface area contributed by atoms with Crippen molar-refractivity contribution < 1.29 is 14.5 Å². The zero-order valence-electron chi connectivity index (χ0n) is 13.8. The Kier molecular flexibility index (Phi) is 5.40. The topological polar surface area (TPSA) is 81.5 Å². The maximum atomic E-state index is 12.3. The van der Waals surface area contributed by atoms with Gasteiger partial charge in [-0.15, -0.1) is 0 Å². The Morgan fingerprint density at radius 2 is 1.88 bits per heavy atom. The Morgan fingerprint density at radius 1 is 1.16 bits per heavy atom. The molecule has 0 spiro atoms. The van der Waals surface area contributed by atoms with E-state index in [0.29, 0.717) is 12.1 Å². The van der Waals surface area contributed by atoms with E-state index in [-0.39, 0.29) is 30.1 Å². The summed E-state index contributed by atoms with van der Waals surface area (Å²) < 4.78 is 5.70. The number of nitrogens with zero attached hydrogens (tertiary/aromatic N) is 1. The summed E-state index contributed by atoms with van der Waals surface area (Å²) in [4.78, 5) is 22.5. The minimum atomic E-state index is -0.458. The molecular formula is C19H20N2O4. The van der Waals surface area contributed by atoms with Crippen molar-refractivity contribution in [3.8, 4) is 0 Å². The molecule has 2 aromatic rings. The Hall–Kier alpha value is -2.73. The van der Waals surface area contributed by atoms with Gasteiger partial charge in [0.1, 0.15) is 6.10 Å². The third kappa shape index (κ3) is 4.42. The number of ether oxygens (including phenoxy) is 1.